The minimum Gasteiger partial charge on any atom is -0.494 e. The number of aromatic nitrogens is 6. The number of anilines is 1. The lowest BCUT2D eigenvalue weighted by molar-refractivity contribution is 0.0227. The van der Waals surface area contributed by atoms with Crippen LogP contribution in [0, 0.1) is 6.92 Å². The van der Waals surface area contributed by atoms with Gasteiger partial charge in [0.1, 0.15) is 34.2 Å². The Morgan fingerprint density at radius 3 is 2.24 bits per heavy atom. The van der Waals surface area contributed by atoms with E-state index in [4.69, 9.17) is 18.9 Å². The maximum atomic E-state index is 13.8. The molecule has 41 heavy (non-hydrogen) atoms. The number of ether oxygens (including phenoxy) is 4. The van der Waals surface area contributed by atoms with Crippen molar-refractivity contribution < 1.29 is 32.5 Å². The van der Waals surface area contributed by atoms with Crippen LogP contribution in [0.15, 0.2) is 48.8 Å². The largest absolute Gasteiger partial charge is 0.494 e. The second-order valence-electron chi connectivity index (χ2n) is 8.74. The highest BCUT2D eigenvalue weighted by Gasteiger charge is 2.35. The normalized spacial score (nSPS) is 12.9. The van der Waals surface area contributed by atoms with Crippen LogP contribution in [0.5, 0.6) is 17.4 Å². The second kappa shape index (κ2) is 12.9. The number of nitrogens with one attached hydrogen (secondary N) is 1. The Kier molecular flexibility index (Phi) is 9.31. The highest BCUT2D eigenvalue weighted by Crippen LogP contribution is 2.38. The van der Waals surface area contributed by atoms with Crippen molar-refractivity contribution >= 4 is 16.0 Å². The second-order valence-corrected chi connectivity index (χ2v) is 10.8. The van der Waals surface area contributed by atoms with E-state index in [9.17, 15) is 13.5 Å². The molecule has 0 bridgehead atoms. The molecule has 0 aliphatic carbocycles. The van der Waals surface area contributed by atoms with Gasteiger partial charge < -0.3 is 24.1 Å². The molecule has 3 heterocycles. The van der Waals surface area contributed by atoms with E-state index in [-0.39, 0.29) is 30.8 Å². The van der Waals surface area contributed by atoms with Gasteiger partial charge in [-0.25, -0.2) is 23.4 Å². The first-order chi connectivity index (χ1) is 19.7. The molecule has 0 saturated carbocycles. The molecule has 15 heteroatoms. The van der Waals surface area contributed by atoms with Crippen molar-refractivity contribution in [2.75, 3.05) is 39.3 Å². The van der Waals surface area contributed by atoms with E-state index in [1.807, 2.05) is 6.92 Å². The Hall–Kier alpha value is -4.34. The average molecular weight is 586 g/mol. The van der Waals surface area contributed by atoms with Gasteiger partial charge in [-0.15, -0.1) is 10.2 Å². The van der Waals surface area contributed by atoms with E-state index in [0.717, 1.165) is 5.56 Å². The third kappa shape index (κ3) is 6.37. The van der Waals surface area contributed by atoms with Crippen molar-refractivity contribution in [1.82, 2.24) is 29.7 Å². The van der Waals surface area contributed by atoms with Crippen LogP contribution < -0.4 is 18.9 Å². The smallest absolute Gasteiger partial charge is 0.243 e. The van der Waals surface area contributed by atoms with Gasteiger partial charge in [-0.2, -0.15) is 0 Å². The lowest BCUT2D eigenvalue weighted by Gasteiger charge is -2.24. The number of aliphatic hydroxyl groups is 1. The van der Waals surface area contributed by atoms with E-state index in [1.165, 1.54) is 32.8 Å². The van der Waals surface area contributed by atoms with Gasteiger partial charge >= 0.3 is 0 Å². The van der Waals surface area contributed by atoms with Crippen LogP contribution in [0.2, 0.25) is 0 Å². The van der Waals surface area contributed by atoms with E-state index in [2.05, 4.69) is 29.9 Å². The van der Waals surface area contributed by atoms with Crippen molar-refractivity contribution in [3.8, 4) is 34.6 Å². The van der Waals surface area contributed by atoms with Crippen LogP contribution in [0.25, 0.3) is 17.2 Å². The van der Waals surface area contributed by atoms with E-state index in [0.29, 0.717) is 28.8 Å². The number of para-hydroxylation sites is 1. The minimum atomic E-state index is -4.24. The highest BCUT2D eigenvalue weighted by atomic mass is 32.2. The number of methoxy groups -OCH3 is 3. The summed E-state index contributed by atoms with van der Waals surface area (Å²) in [7, 11) is 0.191. The van der Waals surface area contributed by atoms with Crippen LogP contribution in [-0.2, 0) is 14.8 Å². The van der Waals surface area contributed by atoms with Crippen molar-refractivity contribution in [3.05, 3.63) is 60.2 Å². The van der Waals surface area contributed by atoms with Crippen LogP contribution in [0.3, 0.4) is 0 Å². The molecule has 4 rings (SSSR count). The SMILES string of the molecule is COc1cccc(-c2nnc(NS(=O)(=O)[C@@H](C)[C@H](OCCO)c3ncc(C)cn3)n2-c2c(OC)cccc2OC)n1. The van der Waals surface area contributed by atoms with Gasteiger partial charge in [-0.1, -0.05) is 12.1 Å². The number of sulfonamides is 1. The maximum Gasteiger partial charge on any atom is 0.243 e. The third-order valence-electron chi connectivity index (χ3n) is 6.04. The number of hydrogen-bond acceptors (Lipinski definition) is 12. The number of hydrogen-bond donors (Lipinski definition) is 2. The maximum absolute atomic E-state index is 13.8. The fourth-order valence-corrected chi connectivity index (χ4v) is 5.06. The molecule has 0 unspecified atom stereocenters. The van der Waals surface area contributed by atoms with Crippen LogP contribution in [-0.4, -0.2) is 83.0 Å². The topological polar surface area (TPSA) is 173 Å². The van der Waals surface area contributed by atoms with Crippen molar-refractivity contribution in [3.63, 3.8) is 0 Å². The molecule has 0 aliphatic rings. The molecule has 0 radical (unpaired) electrons. The predicted octanol–water partition coefficient (Wildman–Crippen LogP) is 2.33. The number of pyridine rings is 1. The fourth-order valence-electron chi connectivity index (χ4n) is 3.97. The zero-order valence-electron chi connectivity index (χ0n) is 23.2. The number of rotatable bonds is 13. The minimum absolute atomic E-state index is 0.123. The molecule has 0 amide bonds. The first-order valence-electron chi connectivity index (χ1n) is 12.4. The van der Waals surface area contributed by atoms with Gasteiger partial charge in [0.15, 0.2) is 11.6 Å². The lowest BCUT2D eigenvalue weighted by atomic mass is 10.2. The summed E-state index contributed by atoms with van der Waals surface area (Å²) in [5, 5.41) is 16.6. The fraction of sp³-hybridized carbons (Fsp3) is 0.346. The zero-order chi connectivity index (χ0) is 29.6. The summed E-state index contributed by atoms with van der Waals surface area (Å²) in [6.07, 6.45) is 2.02. The molecule has 4 aromatic rings. The number of aliphatic hydroxyl groups excluding tert-OH is 1. The Labute approximate surface area is 237 Å². The molecule has 2 N–H and O–H groups in total. The summed E-state index contributed by atoms with van der Waals surface area (Å²) in [6.45, 7) is 2.81. The molecule has 0 aliphatic heterocycles. The quantitative estimate of drug-likeness (QED) is 0.235. The number of benzene rings is 1. The predicted molar refractivity (Wildman–Crippen MR) is 149 cm³/mol. The number of nitrogens with zero attached hydrogens (tertiary/aromatic N) is 6. The Morgan fingerprint density at radius 2 is 1.63 bits per heavy atom. The molecule has 0 saturated heterocycles. The standard InChI is InChI=1S/C26H31N7O7S/c1-16-14-27-24(28-15-16)23(40-13-12-34)17(2)41(35,36)32-26-31-30-25(18-8-6-11-21(29-18)39-5)33(26)22-19(37-3)9-7-10-20(22)38-4/h6-11,14-15,17,23,34H,12-13H2,1-5H3,(H,31,32)/t17-,23-/m0/s1. The molecular weight excluding hydrogens is 554 g/mol. The van der Waals surface area contributed by atoms with Crippen molar-refractivity contribution in [2.24, 2.45) is 0 Å². The Balaban J connectivity index is 1.84. The van der Waals surface area contributed by atoms with Crippen LogP contribution in [0.4, 0.5) is 5.95 Å². The van der Waals surface area contributed by atoms with E-state index >= 15 is 0 Å². The molecule has 2 atom stereocenters. The molecule has 3 aromatic heterocycles. The first-order valence-corrected chi connectivity index (χ1v) is 14.0. The van der Waals surface area contributed by atoms with Crippen molar-refractivity contribution in [2.45, 2.75) is 25.2 Å². The molecule has 0 spiro atoms. The monoisotopic (exact) mass is 585 g/mol. The molecule has 0 fully saturated rings. The zero-order valence-corrected chi connectivity index (χ0v) is 24.0. The summed E-state index contributed by atoms with van der Waals surface area (Å²) in [6, 6.07) is 10.2. The average Bonchev–Trinajstić information content (AvgIpc) is 3.39. The van der Waals surface area contributed by atoms with E-state index in [1.54, 1.807) is 48.8 Å². The third-order valence-corrected chi connectivity index (χ3v) is 7.74. The lowest BCUT2D eigenvalue weighted by Crippen LogP contribution is -2.34. The summed E-state index contributed by atoms with van der Waals surface area (Å²) in [5.41, 5.74) is 1.48. The molecule has 1 aromatic carbocycles. The summed E-state index contributed by atoms with van der Waals surface area (Å²) in [4.78, 5) is 12.9. The van der Waals surface area contributed by atoms with Gasteiger partial charge in [0.2, 0.25) is 21.9 Å². The van der Waals surface area contributed by atoms with Gasteiger partial charge in [-0.05, 0) is 37.6 Å². The Bertz CT molecular complexity index is 1560. The van der Waals surface area contributed by atoms with Crippen LogP contribution in [0.1, 0.15) is 24.4 Å². The number of aryl methyl sites for hydroxylation is 1. The summed E-state index contributed by atoms with van der Waals surface area (Å²) >= 11 is 0. The summed E-state index contributed by atoms with van der Waals surface area (Å²) in [5.74, 6) is 1.22. The van der Waals surface area contributed by atoms with Crippen molar-refractivity contribution in [1.29, 1.82) is 0 Å². The van der Waals surface area contributed by atoms with Crippen LogP contribution >= 0.6 is 0 Å². The van der Waals surface area contributed by atoms with Gasteiger partial charge in [0, 0.05) is 18.5 Å². The van der Waals surface area contributed by atoms with Gasteiger partial charge in [-0.3, -0.25) is 9.29 Å². The summed E-state index contributed by atoms with van der Waals surface area (Å²) < 4.78 is 53.7. The van der Waals surface area contributed by atoms with E-state index < -0.39 is 21.4 Å². The molecule has 14 nitrogen and oxygen atoms in total. The highest BCUT2D eigenvalue weighted by molar-refractivity contribution is 7.93. The van der Waals surface area contributed by atoms with Gasteiger partial charge in [0.05, 0.1) is 34.5 Å². The van der Waals surface area contributed by atoms with Gasteiger partial charge in [0.25, 0.3) is 0 Å². The molecular formula is C26H31N7O7S. The Morgan fingerprint density at radius 1 is 0.976 bits per heavy atom. The molecule has 218 valence electrons. The first kappa shape index (κ1) is 29.6.